The molecule has 0 aromatic heterocycles. The molecule has 9 heteroatoms. The van der Waals surface area contributed by atoms with Crippen molar-refractivity contribution in [3.8, 4) is 0 Å². The Balaban J connectivity index is 1.68. The molecule has 0 aliphatic carbocycles. The van der Waals surface area contributed by atoms with Gasteiger partial charge in [0.2, 0.25) is 17.7 Å². The molecule has 4 unspecified atom stereocenters. The number of nitrogens with zero attached hydrogens (tertiary/aromatic N) is 1. The first-order valence-electron chi connectivity index (χ1n) is 13.0. The summed E-state index contributed by atoms with van der Waals surface area (Å²) in [6.07, 6.45) is 2.42. The molecule has 198 valence electrons. The van der Waals surface area contributed by atoms with E-state index in [-0.39, 0.29) is 46.4 Å². The fourth-order valence-electron chi connectivity index (χ4n) is 6.37. The molecule has 2 bridgehead atoms. The molecule has 3 saturated heterocycles. The predicted octanol–water partition coefficient (Wildman–Crippen LogP) is 3.09. The molecule has 3 aliphatic heterocycles. The molecule has 3 fully saturated rings. The first-order chi connectivity index (χ1) is 17.2. The number of thioether (sulfide) groups is 1. The Morgan fingerprint density at radius 3 is 2.53 bits per heavy atom. The van der Waals surface area contributed by atoms with Crippen LogP contribution in [0.15, 0.2) is 30.3 Å². The number of likely N-dealkylation sites (tertiary alicyclic amines) is 1. The lowest BCUT2D eigenvalue weighted by Crippen LogP contribution is -2.59. The van der Waals surface area contributed by atoms with Gasteiger partial charge in [0, 0.05) is 22.7 Å². The highest BCUT2D eigenvalue weighted by atomic mass is 79.9. The number of fused-ring (bicyclic) bond motifs is 1. The molecule has 8 atom stereocenters. The molecule has 0 radical (unpaired) electrons. The highest BCUT2D eigenvalue weighted by molar-refractivity contribution is 9.09. The van der Waals surface area contributed by atoms with Gasteiger partial charge in [0.05, 0.1) is 29.2 Å². The Hall–Kier alpha value is -1.58. The van der Waals surface area contributed by atoms with Crippen LogP contribution in [0.4, 0.5) is 0 Å². The van der Waals surface area contributed by atoms with E-state index in [1.165, 1.54) is 0 Å². The van der Waals surface area contributed by atoms with Crippen molar-refractivity contribution >= 4 is 45.4 Å². The van der Waals surface area contributed by atoms with E-state index in [4.69, 9.17) is 0 Å². The van der Waals surface area contributed by atoms with Gasteiger partial charge in [-0.25, -0.2) is 0 Å². The van der Waals surface area contributed by atoms with Gasteiger partial charge in [-0.3, -0.25) is 14.4 Å². The third-order valence-electron chi connectivity index (χ3n) is 8.01. The molecule has 3 aliphatic rings. The van der Waals surface area contributed by atoms with Gasteiger partial charge in [0.1, 0.15) is 6.04 Å². The minimum Gasteiger partial charge on any atom is -0.394 e. The minimum absolute atomic E-state index is 0.0186. The minimum atomic E-state index is -0.726. The summed E-state index contributed by atoms with van der Waals surface area (Å²) in [6.45, 7) is 8.13. The van der Waals surface area contributed by atoms with Crippen LogP contribution in [0.3, 0.4) is 0 Å². The summed E-state index contributed by atoms with van der Waals surface area (Å²) in [5.74, 6) is -1.67. The summed E-state index contributed by atoms with van der Waals surface area (Å²) in [5.41, 5.74) is 0.994. The number of nitrogens with one attached hydrogen (secondary N) is 2. The van der Waals surface area contributed by atoms with Crippen molar-refractivity contribution in [3.05, 3.63) is 35.9 Å². The second-order valence-electron chi connectivity index (χ2n) is 10.8. The van der Waals surface area contributed by atoms with Crippen LogP contribution in [0.2, 0.25) is 0 Å². The number of halogens is 1. The number of benzene rings is 1. The monoisotopic (exact) mass is 579 g/mol. The van der Waals surface area contributed by atoms with Gasteiger partial charge in [-0.05, 0) is 31.2 Å². The van der Waals surface area contributed by atoms with Gasteiger partial charge >= 0.3 is 0 Å². The summed E-state index contributed by atoms with van der Waals surface area (Å²) in [5, 5.41) is 16.4. The summed E-state index contributed by atoms with van der Waals surface area (Å²) in [4.78, 5) is 43.2. The van der Waals surface area contributed by atoms with Crippen molar-refractivity contribution < 1.29 is 19.5 Å². The van der Waals surface area contributed by atoms with Crippen LogP contribution < -0.4 is 10.6 Å². The first kappa shape index (κ1) is 27.5. The topological polar surface area (TPSA) is 98.7 Å². The van der Waals surface area contributed by atoms with Gasteiger partial charge in [-0.2, -0.15) is 0 Å². The van der Waals surface area contributed by atoms with Crippen molar-refractivity contribution in [1.29, 1.82) is 0 Å². The highest BCUT2D eigenvalue weighted by Crippen LogP contribution is 2.68. The number of alkyl halides is 1. The average Bonchev–Trinajstić information content (AvgIpc) is 3.42. The van der Waals surface area contributed by atoms with Crippen molar-refractivity contribution in [2.75, 3.05) is 6.61 Å². The molecule has 3 heterocycles. The number of carbonyl (C=O) groups is 3. The molecular formula is C27H38BrN3O4S. The maximum absolute atomic E-state index is 14.1. The first-order valence-corrected chi connectivity index (χ1v) is 14.8. The lowest BCUT2D eigenvalue weighted by Gasteiger charge is -2.39. The number of amides is 3. The predicted molar refractivity (Wildman–Crippen MR) is 146 cm³/mol. The van der Waals surface area contributed by atoms with Crippen molar-refractivity contribution in [2.24, 2.45) is 17.8 Å². The van der Waals surface area contributed by atoms with Crippen LogP contribution in [0.25, 0.3) is 0 Å². The molecule has 1 aromatic rings. The Morgan fingerprint density at radius 1 is 1.22 bits per heavy atom. The number of aliphatic hydroxyl groups excluding tert-OH is 1. The number of aliphatic hydroxyl groups is 1. The lowest BCUT2D eigenvalue weighted by atomic mass is 9.70. The number of carbonyl (C=O) groups excluding carboxylic acids is 3. The zero-order valence-electron chi connectivity index (χ0n) is 21.4. The van der Waals surface area contributed by atoms with Crippen LogP contribution in [-0.4, -0.2) is 67.3 Å². The molecule has 1 aromatic carbocycles. The normalized spacial score (nSPS) is 32.5. The van der Waals surface area contributed by atoms with E-state index in [1.54, 1.807) is 16.7 Å². The molecule has 1 spiro atoms. The second-order valence-corrected chi connectivity index (χ2v) is 13.5. The Bertz CT molecular complexity index is 979. The maximum Gasteiger partial charge on any atom is 0.244 e. The number of hydrogen-bond donors (Lipinski definition) is 3. The molecule has 4 rings (SSSR count). The fourth-order valence-corrected chi connectivity index (χ4v) is 9.97. The van der Waals surface area contributed by atoms with Crippen LogP contribution in [-0.2, 0) is 20.9 Å². The molecule has 3 amide bonds. The third kappa shape index (κ3) is 4.71. The van der Waals surface area contributed by atoms with E-state index < -0.39 is 28.7 Å². The van der Waals surface area contributed by atoms with E-state index in [0.29, 0.717) is 13.0 Å². The Kier molecular flexibility index (Phi) is 8.42. The highest BCUT2D eigenvalue weighted by Gasteiger charge is 2.76. The van der Waals surface area contributed by atoms with Crippen LogP contribution in [0.1, 0.15) is 52.5 Å². The van der Waals surface area contributed by atoms with Crippen LogP contribution in [0, 0.1) is 17.8 Å². The van der Waals surface area contributed by atoms with Crippen LogP contribution in [0.5, 0.6) is 0 Å². The molecule has 3 N–H and O–H groups in total. The Labute approximate surface area is 226 Å². The third-order valence-corrected chi connectivity index (χ3v) is 11.2. The number of hydrogen-bond acceptors (Lipinski definition) is 5. The fraction of sp³-hybridized carbons (Fsp3) is 0.667. The average molecular weight is 581 g/mol. The standard InChI is InChI=1S/C27H38BrN3O4S/c1-5-9-16(4)30-25(34)23-27-12-18(28)22(36-27)20(24(33)29-13-17-10-7-6-8-11-17)21(27)26(35)31(23)19(14-32)15(2)3/h6-8,10-11,15-16,18-23,32H,5,9,12-14H2,1-4H3,(H,29,33)(H,30,34)/t16?,18?,19-,20+,21-,22+,23?,27?/m0/s1. The summed E-state index contributed by atoms with van der Waals surface area (Å²) in [7, 11) is 0. The summed E-state index contributed by atoms with van der Waals surface area (Å²) >= 11 is 5.42. The van der Waals surface area contributed by atoms with Crippen LogP contribution >= 0.6 is 27.7 Å². The zero-order valence-corrected chi connectivity index (χ0v) is 23.8. The largest absolute Gasteiger partial charge is 0.394 e. The smallest absolute Gasteiger partial charge is 0.244 e. The molecule has 36 heavy (non-hydrogen) atoms. The summed E-state index contributed by atoms with van der Waals surface area (Å²) in [6, 6.07) is 8.48. The van der Waals surface area contributed by atoms with E-state index in [1.807, 2.05) is 51.1 Å². The van der Waals surface area contributed by atoms with Gasteiger partial charge in [-0.15, -0.1) is 11.8 Å². The van der Waals surface area contributed by atoms with E-state index in [9.17, 15) is 19.5 Å². The molecular weight excluding hydrogens is 542 g/mol. The van der Waals surface area contributed by atoms with E-state index >= 15 is 0 Å². The SMILES string of the molecule is CCCC(C)NC(=O)C1N([C@@H](CO)C(C)C)C(=O)[C@@H]2[C@@H](C(=O)NCc3ccccc3)[C@@H]3SC12CC3Br. The maximum atomic E-state index is 14.1. The number of rotatable bonds is 10. The van der Waals surface area contributed by atoms with Crippen molar-refractivity contribution in [1.82, 2.24) is 15.5 Å². The van der Waals surface area contributed by atoms with E-state index in [0.717, 1.165) is 18.4 Å². The second kappa shape index (κ2) is 11.0. The van der Waals surface area contributed by atoms with Gasteiger partial charge in [-0.1, -0.05) is 73.5 Å². The molecule has 0 saturated carbocycles. The van der Waals surface area contributed by atoms with Crippen molar-refractivity contribution in [2.45, 2.75) is 86.5 Å². The van der Waals surface area contributed by atoms with Gasteiger partial charge in [0.25, 0.3) is 0 Å². The molecule has 7 nitrogen and oxygen atoms in total. The quantitative estimate of drug-likeness (QED) is 0.370. The van der Waals surface area contributed by atoms with Gasteiger partial charge < -0.3 is 20.6 Å². The lowest BCUT2D eigenvalue weighted by molar-refractivity contribution is -0.143. The van der Waals surface area contributed by atoms with E-state index in [2.05, 4.69) is 33.5 Å². The summed E-state index contributed by atoms with van der Waals surface area (Å²) < 4.78 is -0.705. The Morgan fingerprint density at radius 2 is 1.92 bits per heavy atom. The van der Waals surface area contributed by atoms with Crippen molar-refractivity contribution in [3.63, 3.8) is 0 Å². The van der Waals surface area contributed by atoms with Gasteiger partial charge in [0.15, 0.2) is 0 Å². The zero-order chi connectivity index (χ0) is 26.2.